The van der Waals surface area contributed by atoms with Gasteiger partial charge in [-0.2, -0.15) is 0 Å². The zero-order valence-corrected chi connectivity index (χ0v) is 11.7. The van der Waals surface area contributed by atoms with Crippen LogP contribution >= 0.6 is 11.3 Å². The predicted octanol–water partition coefficient (Wildman–Crippen LogP) is 4.01. The highest BCUT2D eigenvalue weighted by Gasteiger charge is 2.17. The molecule has 0 amide bonds. The van der Waals surface area contributed by atoms with Crippen molar-refractivity contribution in [2.24, 2.45) is 5.73 Å². The van der Waals surface area contributed by atoms with Gasteiger partial charge in [-0.25, -0.2) is 4.39 Å². The lowest BCUT2D eigenvalue weighted by molar-refractivity contribution is 0.626. The van der Waals surface area contributed by atoms with E-state index in [0.717, 1.165) is 12.0 Å². The normalized spacial score (nSPS) is 16.1. The van der Waals surface area contributed by atoms with Gasteiger partial charge in [-0.1, -0.05) is 12.1 Å². The summed E-state index contributed by atoms with van der Waals surface area (Å²) in [5.41, 5.74) is 8.89. The van der Waals surface area contributed by atoms with Crippen LogP contribution in [0.1, 0.15) is 39.8 Å². The molecule has 0 radical (unpaired) electrons. The quantitative estimate of drug-likeness (QED) is 0.900. The number of halogens is 1. The Labute approximate surface area is 117 Å². The lowest BCUT2D eigenvalue weighted by Gasteiger charge is -2.09. The van der Waals surface area contributed by atoms with E-state index in [-0.39, 0.29) is 11.9 Å². The lowest BCUT2D eigenvalue weighted by atomic mass is 9.98. The maximum atomic E-state index is 12.9. The molecule has 0 spiro atoms. The SMILES string of the molecule is NC(Cc1ccc(F)cc1)c1cc2c(s1)CCCC2. The summed E-state index contributed by atoms with van der Waals surface area (Å²) >= 11 is 1.87. The molecule has 2 N–H and O–H groups in total. The van der Waals surface area contributed by atoms with Crippen molar-refractivity contribution in [3.63, 3.8) is 0 Å². The van der Waals surface area contributed by atoms with Crippen molar-refractivity contribution in [2.45, 2.75) is 38.1 Å². The summed E-state index contributed by atoms with van der Waals surface area (Å²) in [7, 11) is 0. The fraction of sp³-hybridized carbons (Fsp3) is 0.375. The Balaban J connectivity index is 1.74. The van der Waals surface area contributed by atoms with Crippen LogP contribution in [0.15, 0.2) is 30.3 Å². The molecule has 100 valence electrons. The molecule has 1 aliphatic carbocycles. The molecule has 1 nitrogen and oxygen atoms in total. The topological polar surface area (TPSA) is 26.0 Å². The Bertz CT molecular complexity index is 535. The third-order valence-electron chi connectivity index (χ3n) is 3.75. The van der Waals surface area contributed by atoms with Crippen LogP contribution in [0, 0.1) is 5.82 Å². The van der Waals surface area contributed by atoms with Crippen LogP contribution in [0.3, 0.4) is 0 Å². The van der Waals surface area contributed by atoms with Gasteiger partial charge in [0.1, 0.15) is 5.82 Å². The zero-order chi connectivity index (χ0) is 13.2. The summed E-state index contributed by atoms with van der Waals surface area (Å²) in [6.45, 7) is 0. The molecule has 3 rings (SSSR count). The minimum atomic E-state index is -0.191. The Hall–Kier alpha value is -1.19. The minimum absolute atomic E-state index is 0.0288. The molecular formula is C16H18FNS. The van der Waals surface area contributed by atoms with Gasteiger partial charge in [0, 0.05) is 15.8 Å². The standard InChI is InChI=1S/C16H18FNS/c17-13-7-5-11(6-8-13)9-14(18)16-10-12-3-1-2-4-15(12)19-16/h5-8,10,14H,1-4,9,18H2. The average Bonchev–Trinajstić information content (AvgIpc) is 2.85. The summed E-state index contributed by atoms with van der Waals surface area (Å²) in [4.78, 5) is 2.80. The first-order valence-corrected chi connectivity index (χ1v) is 7.65. The van der Waals surface area contributed by atoms with Crippen molar-refractivity contribution in [3.05, 3.63) is 57.0 Å². The number of hydrogen-bond acceptors (Lipinski definition) is 2. The first kappa shape index (κ1) is 12.8. The molecule has 0 saturated heterocycles. The van der Waals surface area contributed by atoms with Gasteiger partial charge >= 0.3 is 0 Å². The minimum Gasteiger partial charge on any atom is -0.323 e. The summed E-state index contributed by atoms with van der Waals surface area (Å²) in [5, 5.41) is 0. The number of aryl methyl sites for hydroxylation is 2. The molecule has 1 unspecified atom stereocenters. The molecule has 19 heavy (non-hydrogen) atoms. The van der Waals surface area contributed by atoms with Crippen molar-refractivity contribution in [1.29, 1.82) is 0 Å². The number of nitrogens with two attached hydrogens (primary N) is 1. The predicted molar refractivity (Wildman–Crippen MR) is 78.0 cm³/mol. The Kier molecular flexibility index (Phi) is 3.67. The van der Waals surface area contributed by atoms with Gasteiger partial charge < -0.3 is 5.73 Å². The fourth-order valence-corrected chi connectivity index (χ4v) is 3.93. The van der Waals surface area contributed by atoms with E-state index in [1.54, 1.807) is 0 Å². The summed E-state index contributed by atoms with van der Waals surface area (Å²) in [6, 6.07) is 8.96. The van der Waals surface area contributed by atoms with Gasteiger partial charge in [0.05, 0.1) is 0 Å². The van der Waals surface area contributed by atoms with Gasteiger partial charge in [0.25, 0.3) is 0 Å². The molecule has 0 bridgehead atoms. The number of hydrogen-bond donors (Lipinski definition) is 1. The largest absolute Gasteiger partial charge is 0.323 e. The molecule has 0 fully saturated rings. The van der Waals surface area contributed by atoms with Crippen LogP contribution in [-0.4, -0.2) is 0 Å². The van der Waals surface area contributed by atoms with E-state index in [1.165, 1.54) is 53.1 Å². The van der Waals surface area contributed by atoms with Gasteiger partial charge in [-0.05, 0) is 61.4 Å². The highest BCUT2D eigenvalue weighted by Crippen LogP contribution is 2.33. The van der Waals surface area contributed by atoms with E-state index in [2.05, 4.69) is 6.07 Å². The van der Waals surface area contributed by atoms with Gasteiger partial charge in [0.15, 0.2) is 0 Å². The second-order valence-corrected chi connectivity index (χ2v) is 6.41. The van der Waals surface area contributed by atoms with Crippen molar-refractivity contribution in [3.8, 4) is 0 Å². The first-order chi connectivity index (χ1) is 9.22. The maximum absolute atomic E-state index is 12.9. The van der Waals surface area contributed by atoms with Gasteiger partial charge in [-0.3, -0.25) is 0 Å². The van der Waals surface area contributed by atoms with E-state index in [4.69, 9.17) is 5.73 Å². The Morgan fingerprint density at radius 2 is 1.89 bits per heavy atom. The van der Waals surface area contributed by atoms with Crippen molar-refractivity contribution < 1.29 is 4.39 Å². The molecular weight excluding hydrogens is 257 g/mol. The molecule has 0 aliphatic heterocycles. The van der Waals surface area contributed by atoms with Crippen molar-refractivity contribution in [1.82, 2.24) is 0 Å². The van der Waals surface area contributed by atoms with Crippen LogP contribution in [0.25, 0.3) is 0 Å². The molecule has 1 aromatic heterocycles. The number of rotatable bonds is 3. The third-order valence-corrected chi connectivity index (χ3v) is 5.12. The fourth-order valence-electron chi connectivity index (χ4n) is 2.67. The Morgan fingerprint density at radius 1 is 1.16 bits per heavy atom. The smallest absolute Gasteiger partial charge is 0.123 e. The van der Waals surface area contributed by atoms with E-state index >= 15 is 0 Å². The molecule has 3 heteroatoms. The monoisotopic (exact) mass is 275 g/mol. The van der Waals surface area contributed by atoms with Crippen LogP contribution in [0.5, 0.6) is 0 Å². The first-order valence-electron chi connectivity index (χ1n) is 6.84. The van der Waals surface area contributed by atoms with E-state index in [9.17, 15) is 4.39 Å². The molecule has 1 atom stereocenters. The molecule has 1 aromatic carbocycles. The summed E-state index contributed by atoms with van der Waals surface area (Å²) in [5.74, 6) is -0.191. The highest BCUT2D eigenvalue weighted by molar-refractivity contribution is 7.12. The van der Waals surface area contributed by atoms with Crippen LogP contribution in [0.4, 0.5) is 4.39 Å². The molecule has 2 aromatic rings. The summed E-state index contributed by atoms with van der Waals surface area (Å²) in [6.07, 6.45) is 5.80. The second-order valence-electron chi connectivity index (χ2n) is 5.24. The highest BCUT2D eigenvalue weighted by atomic mass is 32.1. The van der Waals surface area contributed by atoms with Gasteiger partial charge in [0.2, 0.25) is 0 Å². The van der Waals surface area contributed by atoms with Gasteiger partial charge in [-0.15, -0.1) is 11.3 Å². The average molecular weight is 275 g/mol. The van der Waals surface area contributed by atoms with E-state index < -0.39 is 0 Å². The molecule has 1 aliphatic rings. The maximum Gasteiger partial charge on any atom is 0.123 e. The number of benzene rings is 1. The molecule has 1 heterocycles. The second kappa shape index (κ2) is 5.43. The number of fused-ring (bicyclic) bond motifs is 1. The lowest BCUT2D eigenvalue weighted by Crippen LogP contribution is -2.11. The van der Waals surface area contributed by atoms with Crippen molar-refractivity contribution in [2.75, 3.05) is 0 Å². The van der Waals surface area contributed by atoms with Crippen LogP contribution < -0.4 is 5.73 Å². The molecule has 0 saturated carbocycles. The van der Waals surface area contributed by atoms with Crippen LogP contribution in [0.2, 0.25) is 0 Å². The van der Waals surface area contributed by atoms with E-state index in [1.807, 2.05) is 23.5 Å². The zero-order valence-electron chi connectivity index (χ0n) is 10.9. The van der Waals surface area contributed by atoms with Crippen molar-refractivity contribution >= 4 is 11.3 Å². The van der Waals surface area contributed by atoms with Crippen LogP contribution in [-0.2, 0) is 19.3 Å². The summed E-state index contributed by atoms with van der Waals surface area (Å²) < 4.78 is 12.9. The number of thiophene rings is 1. The third kappa shape index (κ3) is 2.88. The Morgan fingerprint density at radius 3 is 2.63 bits per heavy atom. The van der Waals surface area contributed by atoms with E-state index in [0.29, 0.717) is 0 Å².